The fourth-order valence-corrected chi connectivity index (χ4v) is 2.44. The van der Waals surface area contributed by atoms with Crippen LogP contribution < -0.4 is 0 Å². The zero-order valence-corrected chi connectivity index (χ0v) is 11.8. The summed E-state index contributed by atoms with van der Waals surface area (Å²) in [5, 5.41) is 12.8. The van der Waals surface area contributed by atoms with E-state index >= 15 is 0 Å². The van der Waals surface area contributed by atoms with E-state index in [1.807, 2.05) is 19.1 Å². The van der Waals surface area contributed by atoms with Crippen molar-refractivity contribution in [2.75, 3.05) is 5.75 Å². The van der Waals surface area contributed by atoms with Crippen molar-refractivity contribution >= 4 is 11.8 Å². The van der Waals surface area contributed by atoms with E-state index in [1.165, 1.54) is 0 Å². The van der Waals surface area contributed by atoms with Crippen LogP contribution in [-0.2, 0) is 5.75 Å². The quantitative estimate of drug-likeness (QED) is 0.779. The number of nitriles is 1. The summed E-state index contributed by atoms with van der Waals surface area (Å²) in [5.41, 5.74) is 2.49. The second-order valence-electron chi connectivity index (χ2n) is 4.21. The van der Waals surface area contributed by atoms with E-state index in [4.69, 9.17) is 9.78 Å². The van der Waals surface area contributed by atoms with Crippen LogP contribution in [0.25, 0.3) is 11.5 Å². The standard InChI is InChI=1S/C14H15N3OS/c1-3-6-19-9-13-16-14(18-17-13)12-5-4-11(8-15)7-10(12)2/h4-5,7H,3,6,9H2,1-2H3. The molecular formula is C14H15N3OS. The van der Waals surface area contributed by atoms with Crippen LogP contribution in [0, 0.1) is 18.3 Å². The van der Waals surface area contributed by atoms with E-state index in [2.05, 4.69) is 23.1 Å². The van der Waals surface area contributed by atoms with Crippen LogP contribution in [-0.4, -0.2) is 15.9 Å². The van der Waals surface area contributed by atoms with Crippen LogP contribution in [0.1, 0.15) is 30.3 Å². The number of benzene rings is 1. The smallest absolute Gasteiger partial charge is 0.258 e. The van der Waals surface area contributed by atoms with Gasteiger partial charge in [0.1, 0.15) is 0 Å². The number of aryl methyl sites for hydroxylation is 1. The second-order valence-corrected chi connectivity index (χ2v) is 5.32. The number of rotatable bonds is 5. The summed E-state index contributed by atoms with van der Waals surface area (Å²) < 4.78 is 5.28. The molecule has 2 rings (SSSR count). The zero-order valence-electron chi connectivity index (χ0n) is 11.0. The molecule has 0 N–H and O–H groups in total. The summed E-state index contributed by atoms with van der Waals surface area (Å²) in [6.45, 7) is 4.08. The third-order valence-corrected chi connectivity index (χ3v) is 3.79. The van der Waals surface area contributed by atoms with Crippen LogP contribution in [0.3, 0.4) is 0 Å². The highest BCUT2D eigenvalue weighted by Crippen LogP contribution is 2.23. The van der Waals surface area contributed by atoms with Crippen LogP contribution in [0.2, 0.25) is 0 Å². The molecule has 98 valence electrons. The SMILES string of the molecule is CCCSCc1noc(-c2ccc(C#N)cc2C)n1. The summed E-state index contributed by atoms with van der Waals surface area (Å²) >= 11 is 1.80. The van der Waals surface area contributed by atoms with Crippen molar-refractivity contribution in [2.24, 2.45) is 0 Å². The molecule has 0 aliphatic rings. The van der Waals surface area contributed by atoms with Gasteiger partial charge >= 0.3 is 0 Å². The molecule has 1 heterocycles. The van der Waals surface area contributed by atoms with Gasteiger partial charge in [0, 0.05) is 5.56 Å². The zero-order chi connectivity index (χ0) is 13.7. The molecule has 0 saturated carbocycles. The van der Waals surface area contributed by atoms with Gasteiger partial charge in [0.05, 0.1) is 17.4 Å². The fraction of sp³-hybridized carbons (Fsp3) is 0.357. The van der Waals surface area contributed by atoms with Gasteiger partial charge in [-0.2, -0.15) is 22.0 Å². The summed E-state index contributed by atoms with van der Waals surface area (Å²) in [6.07, 6.45) is 1.14. The molecule has 0 unspecified atom stereocenters. The lowest BCUT2D eigenvalue weighted by atomic mass is 10.1. The first-order valence-electron chi connectivity index (χ1n) is 6.16. The van der Waals surface area contributed by atoms with Crippen molar-refractivity contribution in [3.05, 3.63) is 35.2 Å². The molecule has 0 radical (unpaired) electrons. The summed E-state index contributed by atoms with van der Waals surface area (Å²) in [4.78, 5) is 4.39. The monoisotopic (exact) mass is 273 g/mol. The molecule has 0 atom stereocenters. The van der Waals surface area contributed by atoms with Gasteiger partial charge in [-0.25, -0.2) is 0 Å². The molecule has 2 aromatic rings. The van der Waals surface area contributed by atoms with Crippen molar-refractivity contribution in [1.29, 1.82) is 5.26 Å². The Kier molecular flexibility index (Phi) is 4.58. The minimum Gasteiger partial charge on any atom is -0.334 e. The Labute approximate surface area is 116 Å². The predicted molar refractivity (Wildman–Crippen MR) is 75.6 cm³/mol. The molecule has 0 bridgehead atoms. The van der Waals surface area contributed by atoms with Gasteiger partial charge in [-0.3, -0.25) is 0 Å². The van der Waals surface area contributed by atoms with E-state index in [9.17, 15) is 0 Å². The summed E-state index contributed by atoms with van der Waals surface area (Å²) in [6, 6.07) is 7.55. The third kappa shape index (κ3) is 3.36. The van der Waals surface area contributed by atoms with Crippen LogP contribution in [0.4, 0.5) is 0 Å². The van der Waals surface area contributed by atoms with Gasteiger partial charge in [0.2, 0.25) is 0 Å². The van der Waals surface area contributed by atoms with Gasteiger partial charge < -0.3 is 4.52 Å². The van der Waals surface area contributed by atoms with Gasteiger partial charge in [-0.1, -0.05) is 12.1 Å². The lowest BCUT2D eigenvalue weighted by molar-refractivity contribution is 0.425. The Bertz CT molecular complexity index is 601. The van der Waals surface area contributed by atoms with E-state index < -0.39 is 0 Å². The molecule has 4 nitrogen and oxygen atoms in total. The molecule has 1 aromatic heterocycles. The van der Waals surface area contributed by atoms with E-state index in [-0.39, 0.29) is 0 Å². The van der Waals surface area contributed by atoms with Crippen LogP contribution in [0.5, 0.6) is 0 Å². The lowest BCUT2D eigenvalue weighted by Crippen LogP contribution is -1.87. The molecule has 0 aliphatic carbocycles. The predicted octanol–water partition coefficient (Wildman–Crippen LogP) is 3.56. The van der Waals surface area contributed by atoms with E-state index in [0.29, 0.717) is 11.5 Å². The van der Waals surface area contributed by atoms with E-state index in [1.54, 1.807) is 17.8 Å². The number of hydrogen-bond acceptors (Lipinski definition) is 5. The Hall–Kier alpha value is -1.80. The molecule has 1 aromatic carbocycles. The molecule has 5 heteroatoms. The number of hydrogen-bond donors (Lipinski definition) is 0. The van der Waals surface area contributed by atoms with Crippen molar-refractivity contribution in [3.63, 3.8) is 0 Å². The van der Waals surface area contributed by atoms with Gasteiger partial charge in [0.25, 0.3) is 5.89 Å². The van der Waals surface area contributed by atoms with Crippen molar-refractivity contribution < 1.29 is 4.52 Å². The summed E-state index contributed by atoms with van der Waals surface area (Å²) in [7, 11) is 0. The highest BCUT2D eigenvalue weighted by Gasteiger charge is 2.11. The average Bonchev–Trinajstić information content (AvgIpc) is 2.87. The highest BCUT2D eigenvalue weighted by atomic mass is 32.2. The lowest BCUT2D eigenvalue weighted by Gasteiger charge is -2.00. The molecule has 0 amide bonds. The Morgan fingerprint density at radius 3 is 2.95 bits per heavy atom. The Morgan fingerprint density at radius 1 is 1.42 bits per heavy atom. The molecule has 19 heavy (non-hydrogen) atoms. The number of nitrogens with zero attached hydrogens (tertiary/aromatic N) is 3. The van der Waals surface area contributed by atoms with Gasteiger partial charge in [-0.15, -0.1) is 0 Å². The molecule has 0 saturated heterocycles. The molecule has 0 fully saturated rings. The van der Waals surface area contributed by atoms with Crippen molar-refractivity contribution in [2.45, 2.75) is 26.0 Å². The summed E-state index contributed by atoms with van der Waals surface area (Å²) in [5.74, 6) is 3.11. The Balaban J connectivity index is 2.16. The molecular weight excluding hydrogens is 258 g/mol. The topological polar surface area (TPSA) is 62.7 Å². The first kappa shape index (κ1) is 13.6. The van der Waals surface area contributed by atoms with Crippen LogP contribution in [0.15, 0.2) is 22.7 Å². The highest BCUT2D eigenvalue weighted by molar-refractivity contribution is 7.98. The third-order valence-electron chi connectivity index (χ3n) is 2.63. The maximum Gasteiger partial charge on any atom is 0.258 e. The first-order chi connectivity index (χ1) is 9.24. The maximum absolute atomic E-state index is 8.84. The van der Waals surface area contributed by atoms with Crippen molar-refractivity contribution in [3.8, 4) is 17.5 Å². The minimum absolute atomic E-state index is 0.522. The fourth-order valence-electron chi connectivity index (χ4n) is 1.70. The van der Waals surface area contributed by atoms with Gasteiger partial charge in [0.15, 0.2) is 5.82 Å². The normalized spacial score (nSPS) is 10.4. The minimum atomic E-state index is 0.522. The first-order valence-corrected chi connectivity index (χ1v) is 7.31. The van der Waals surface area contributed by atoms with E-state index in [0.717, 1.165) is 34.9 Å². The maximum atomic E-state index is 8.84. The average molecular weight is 273 g/mol. The second kappa shape index (κ2) is 6.39. The Morgan fingerprint density at radius 2 is 2.26 bits per heavy atom. The number of aromatic nitrogens is 2. The largest absolute Gasteiger partial charge is 0.334 e. The van der Waals surface area contributed by atoms with Gasteiger partial charge in [-0.05, 0) is 42.9 Å². The molecule has 0 aliphatic heterocycles. The van der Waals surface area contributed by atoms with Crippen LogP contribution >= 0.6 is 11.8 Å². The number of thioether (sulfide) groups is 1. The molecule has 0 spiro atoms. The van der Waals surface area contributed by atoms with Crippen molar-refractivity contribution in [1.82, 2.24) is 10.1 Å².